The Kier molecular flexibility index (Phi) is 6.58. The standard InChI is InChI=1S/C22H27N3O4S/c1-4-24(5-2)30(28,29)19-11-9-17(10-12-19)22(27)25-14-13-23-21(26)20(25)18-8-6-7-16(3)15-18/h6-12,15,20H,4-5,13-14H2,1-3H3,(H,23,26). The Bertz CT molecular complexity index is 1030. The second-order valence-electron chi connectivity index (χ2n) is 7.22. The molecule has 0 aromatic heterocycles. The van der Waals surface area contributed by atoms with E-state index in [0.29, 0.717) is 31.7 Å². The van der Waals surface area contributed by atoms with Crippen molar-refractivity contribution in [3.63, 3.8) is 0 Å². The summed E-state index contributed by atoms with van der Waals surface area (Å²) in [7, 11) is -3.59. The molecule has 30 heavy (non-hydrogen) atoms. The summed E-state index contributed by atoms with van der Waals surface area (Å²) in [5.74, 6) is -0.524. The van der Waals surface area contributed by atoms with Crippen LogP contribution in [0, 0.1) is 6.92 Å². The summed E-state index contributed by atoms with van der Waals surface area (Å²) in [6, 6.07) is 12.7. The minimum atomic E-state index is -3.59. The highest BCUT2D eigenvalue weighted by Crippen LogP contribution is 2.26. The summed E-state index contributed by atoms with van der Waals surface area (Å²) in [5.41, 5.74) is 2.10. The number of hydrogen-bond acceptors (Lipinski definition) is 4. The maximum atomic E-state index is 13.2. The quantitative estimate of drug-likeness (QED) is 0.764. The van der Waals surface area contributed by atoms with Gasteiger partial charge in [0.25, 0.3) is 5.91 Å². The zero-order valence-corrected chi connectivity index (χ0v) is 18.3. The van der Waals surface area contributed by atoms with Gasteiger partial charge in [0.15, 0.2) is 0 Å². The van der Waals surface area contributed by atoms with Gasteiger partial charge in [0, 0.05) is 31.7 Å². The Morgan fingerprint density at radius 2 is 1.80 bits per heavy atom. The molecule has 1 N–H and O–H groups in total. The smallest absolute Gasteiger partial charge is 0.254 e. The minimum Gasteiger partial charge on any atom is -0.352 e. The molecule has 7 nitrogen and oxygen atoms in total. The summed E-state index contributed by atoms with van der Waals surface area (Å²) in [4.78, 5) is 27.5. The van der Waals surface area contributed by atoms with Crippen molar-refractivity contribution in [2.75, 3.05) is 26.2 Å². The van der Waals surface area contributed by atoms with E-state index >= 15 is 0 Å². The van der Waals surface area contributed by atoms with Crippen LogP contribution >= 0.6 is 0 Å². The molecule has 0 aliphatic carbocycles. The highest BCUT2D eigenvalue weighted by molar-refractivity contribution is 7.89. The van der Waals surface area contributed by atoms with Gasteiger partial charge in [0.05, 0.1) is 4.90 Å². The molecule has 8 heteroatoms. The Morgan fingerprint density at radius 1 is 1.13 bits per heavy atom. The van der Waals surface area contributed by atoms with Crippen molar-refractivity contribution in [2.45, 2.75) is 31.7 Å². The molecule has 1 aliphatic heterocycles. The Balaban J connectivity index is 1.90. The van der Waals surface area contributed by atoms with Gasteiger partial charge in [-0.1, -0.05) is 43.7 Å². The summed E-state index contributed by atoms with van der Waals surface area (Å²) in [5, 5.41) is 2.82. The van der Waals surface area contributed by atoms with E-state index in [4.69, 9.17) is 0 Å². The third-order valence-corrected chi connectivity index (χ3v) is 7.34. The first-order valence-corrected chi connectivity index (χ1v) is 11.5. The number of nitrogens with zero attached hydrogens (tertiary/aromatic N) is 2. The lowest BCUT2D eigenvalue weighted by Gasteiger charge is -2.35. The fraction of sp³-hybridized carbons (Fsp3) is 0.364. The molecule has 1 aliphatic rings. The molecule has 3 rings (SSSR count). The molecule has 0 radical (unpaired) electrons. The van der Waals surface area contributed by atoms with E-state index < -0.39 is 16.1 Å². The van der Waals surface area contributed by atoms with Crippen molar-refractivity contribution in [3.8, 4) is 0 Å². The van der Waals surface area contributed by atoms with E-state index in [1.165, 1.54) is 28.6 Å². The van der Waals surface area contributed by atoms with Crippen LogP contribution < -0.4 is 5.32 Å². The van der Waals surface area contributed by atoms with E-state index in [1.807, 2.05) is 31.2 Å². The lowest BCUT2D eigenvalue weighted by atomic mass is 9.99. The molecule has 0 spiro atoms. The zero-order valence-electron chi connectivity index (χ0n) is 17.5. The summed E-state index contributed by atoms with van der Waals surface area (Å²) >= 11 is 0. The first-order valence-electron chi connectivity index (χ1n) is 10.0. The highest BCUT2D eigenvalue weighted by Gasteiger charge is 2.35. The van der Waals surface area contributed by atoms with Gasteiger partial charge in [-0.05, 0) is 36.8 Å². The number of amides is 2. The summed E-state index contributed by atoms with van der Waals surface area (Å²) in [6.45, 7) is 7.01. The molecular weight excluding hydrogens is 402 g/mol. The normalized spacial score (nSPS) is 17.1. The predicted molar refractivity (Wildman–Crippen MR) is 115 cm³/mol. The molecule has 1 heterocycles. The van der Waals surface area contributed by atoms with Gasteiger partial charge in [-0.3, -0.25) is 9.59 Å². The Morgan fingerprint density at radius 3 is 2.40 bits per heavy atom. The van der Waals surface area contributed by atoms with Crippen LogP contribution in [0.1, 0.15) is 41.4 Å². The maximum absolute atomic E-state index is 13.2. The van der Waals surface area contributed by atoms with Crippen LogP contribution in [-0.2, 0) is 14.8 Å². The molecule has 2 amide bonds. The lowest BCUT2D eigenvalue weighted by Crippen LogP contribution is -2.52. The Hall–Kier alpha value is -2.71. The minimum absolute atomic E-state index is 0.148. The second-order valence-corrected chi connectivity index (χ2v) is 9.16. The number of aryl methyl sites for hydroxylation is 1. The number of benzene rings is 2. The van der Waals surface area contributed by atoms with Gasteiger partial charge in [-0.2, -0.15) is 4.31 Å². The first-order chi connectivity index (χ1) is 14.3. The number of piperazine rings is 1. The van der Waals surface area contributed by atoms with Crippen molar-refractivity contribution >= 4 is 21.8 Å². The van der Waals surface area contributed by atoms with Gasteiger partial charge in [0.2, 0.25) is 15.9 Å². The number of sulfonamides is 1. The molecule has 2 aromatic carbocycles. The van der Waals surface area contributed by atoms with E-state index in [-0.39, 0.29) is 16.7 Å². The fourth-order valence-electron chi connectivity index (χ4n) is 3.71. The molecule has 1 fully saturated rings. The van der Waals surface area contributed by atoms with Crippen molar-refractivity contribution in [1.82, 2.24) is 14.5 Å². The van der Waals surface area contributed by atoms with Crippen LogP contribution in [0.4, 0.5) is 0 Å². The number of nitrogens with one attached hydrogen (secondary N) is 1. The third kappa shape index (κ3) is 4.24. The van der Waals surface area contributed by atoms with E-state index in [0.717, 1.165) is 11.1 Å². The van der Waals surface area contributed by atoms with Crippen molar-refractivity contribution < 1.29 is 18.0 Å². The van der Waals surface area contributed by atoms with Gasteiger partial charge in [0.1, 0.15) is 6.04 Å². The first kappa shape index (κ1) is 22.0. The van der Waals surface area contributed by atoms with Gasteiger partial charge < -0.3 is 10.2 Å². The van der Waals surface area contributed by atoms with Gasteiger partial charge in [-0.15, -0.1) is 0 Å². The molecule has 0 saturated carbocycles. The van der Waals surface area contributed by atoms with Crippen LogP contribution in [0.2, 0.25) is 0 Å². The highest BCUT2D eigenvalue weighted by atomic mass is 32.2. The predicted octanol–water partition coefficient (Wildman–Crippen LogP) is 2.34. The Labute approximate surface area is 177 Å². The van der Waals surface area contributed by atoms with E-state index in [1.54, 1.807) is 18.7 Å². The zero-order chi connectivity index (χ0) is 21.9. The number of rotatable bonds is 6. The third-order valence-electron chi connectivity index (χ3n) is 5.28. The van der Waals surface area contributed by atoms with Crippen molar-refractivity contribution in [3.05, 3.63) is 65.2 Å². The molecule has 0 bridgehead atoms. The molecule has 160 valence electrons. The van der Waals surface area contributed by atoms with E-state index in [9.17, 15) is 18.0 Å². The average Bonchev–Trinajstić information content (AvgIpc) is 2.74. The van der Waals surface area contributed by atoms with Crippen molar-refractivity contribution in [2.24, 2.45) is 0 Å². The SMILES string of the molecule is CCN(CC)S(=O)(=O)c1ccc(C(=O)N2CCNC(=O)C2c2cccc(C)c2)cc1. The number of hydrogen-bond donors (Lipinski definition) is 1. The molecule has 1 unspecified atom stereocenters. The topological polar surface area (TPSA) is 86.8 Å². The maximum Gasteiger partial charge on any atom is 0.254 e. The van der Waals surface area contributed by atoms with Gasteiger partial charge >= 0.3 is 0 Å². The van der Waals surface area contributed by atoms with Crippen LogP contribution in [0.5, 0.6) is 0 Å². The van der Waals surface area contributed by atoms with Crippen LogP contribution in [0.3, 0.4) is 0 Å². The number of carbonyl (C=O) groups excluding carboxylic acids is 2. The monoisotopic (exact) mass is 429 g/mol. The summed E-state index contributed by atoms with van der Waals surface area (Å²) < 4.78 is 26.7. The van der Waals surface area contributed by atoms with Crippen molar-refractivity contribution in [1.29, 1.82) is 0 Å². The molecular formula is C22H27N3O4S. The molecule has 2 aromatic rings. The average molecular weight is 430 g/mol. The largest absolute Gasteiger partial charge is 0.352 e. The van der Waals surface area contributed by atoms with Crippen LogP contribution in [-0.4, -0.2) is 55.6 Å². The van der Waals surface area contributed by atoms with Gasteiger partial charge in [-0.25, -0.2) is 8.42 Å². The fourth-order valence-corrected chi connectivity index (χ4v) is 5.16. The molecule has 1 saturated heterocycles. The van der Waals surface area contributed by atoms with Crippen LogP contribution in [0.15, 0.2) is 53.4 Å². The lowest BCUT2D eigenvalue weighted by molar-refractivity contribution is -0.128. The van der Waals surface area contributed by atoms with E-state index in [2.05, 4.69) is 5.32 Å². The van der Waals surface area contributed by atoms with Crippen LogP contribution in [0.25, 0.3) is 0 Å². The molecule has 1 atom stereocenters. The number of carbonyl (C=O) groups is 2. The second kappa shape index (κ2) is 8.97. The summed E-state index contributed by atoms with van der Waals surface area (Å²) in [6.07, 6.45) is 0.